The Bertz CT molecular complexity index is 1520. The fourth-order valence-corrected chi connectivity index (χ4v) is 5.07. The van der Waals surface area contributed by atoms with Crippen molar-refractivity contribution in [1.82, 2.24) is 19.5 Å². The highest BCUT2D eigenvalue weighted by atomic mass is 16.6. The maximum Gasteiger partial charge on any atom is 0.417 e. The number of amides is 1. The molecule has 0 radical (unpaired) electrons. The highest BCUT2D eigenvalue weighted by Gasteiger charge is 2.28. The Morgan fingerprint density at radius 1 is 0.976 bits per heavy atom. The van der Waals surface area contributed by atoms with Gasteiger partial charge in [0.1, 0.15) is 17.9 Å². The van der Waals surface area contributed by atoms with E-state index >= 15 is 0 Å². The Morgan fingerprint density at radius 2 is 1.69 bits per heavy atom. The van der Waals surface area contributed by atoms with Gasteiger partial charge in [0.2, 0.25) is 5.95 Å². The third-order valence-electron chi connectivity index (χ3n) is 7.16. The lowest BCUT2D eigenvalue weighted by molar-refractivity contribution is -0.141. The van der Waals surface area contributed by atoms with E-state index in [1.54, 1.807) is 12.1 Å². The number of fused-ring (bicyclic) bond motifs is 1. The summed E-state index contributed by atoms with van der Waals surface area (Å²) in [5, 5.41) is 0. The Labute approximate surface area is 245 Å². The average molecular weight is 572 g/mol. The fraction of sp³-hybridized carbons (Fsp3) is 0.406. The molecule has 10 heteroatoms. The molecular formula is C32H37N5O5. The molecule has 0 saturated heterocycles. The molecule has 0 spiro atoms. The Hall–Kier alpha value is -4.47. The van der Waals surface area contributed by atoms with Crippen LogP contribution in [0.1, 0.15) is 69.9 Å². The topological polar surface area (TPSA) is 109 Å². The van der Waals surface area contributed by atoms with Crippen LogP contribution in [0.15, 0.2) is 60.9 Å². The third kappa shape index (κ3) is 7.05. The van der Waals surface area contributed by atoms with Crippen LogP contribution in [0.4, 0.5) is 10.7 Å². The van der Waals surface area contributed by atoms with Gasteiger partial charge in [-0.2, -0.15) is 9.97 Å². The van der Waals surface area contributed by atoms with Crippen LogP contribution >= 0.6 is 0 Å². The Kier molecular flexibility index (Phi) is 8.70. The van der Waals surface area contributed by atoms with Crippen LogP contribution in [0.2, 0.25) is 0 Å². The number of ether oxygens (including phenoxy) is 3. The van der Waals surface area contributed by atoms with Gasteiger partial charge in [-0.15, -0.1) is 0 Å². The van der Waals surface area contributed by atoms with Gasteiger partial charge >= 0.3 is 12.1 Å². The van der Waals surface area contributed by atoms with Gasteiger partial charge in [0, 0.05) is 0 Å². The summed E-state index contributed by atoms with van der Waals surface area (Å²) < 4.78 is 18.3. The molecule has 5 rings (SSSR count). The number of anilines is 1. The van der Waals surface area contributed by atoms with E-state index in [0.29, 0.717) is 22.8 Å². The van der Waals surface area contributed by atoms with Crippen LogP contribution < -0.4 is 9.64 Å². The Morgan fingerprint density at radius 3 is 2.36 bits per heavy atom. The molecule has 4 aromatic rings. The average Bonchev–Trinajstić information content (AvgIpc) is 3.38. The van der Waals surface area contributed by atoms with Crippen molar-refractivity contribution in [3.63, 3.8) is 0 Å². The minimum absolute atomic E-state index is 0.0608. The highest BCUT2D eigenvalue weighted by molar-refractivity contribution is 5.88. The number of methoxy groups -OCH3 is 1. The van der Waals surface area contributed by atoms with Crippen LogP contribution in [-0.2, 0) is 27.4 Å². The van der Waals surface area contributed by atoms with Gasteiger partial charge in [0.15, 0.2) is 11.2 Å². The van der Waals surface area contributed by atoms with Gasteiger partial charge in [-0.1, -0.05) is 61.7 Å². The molecule has 10 nitrogen and oxygen atoms in total. The van der Waals surface area contributed by atoms with Crippen molar-refractivity contribution in [2.75, 3.05) is 12.0 Å². The minimum atomic E-state index is -0.750. The number of esters is 1. The molecule has 1 aliphatic carbocycles. The number of carbonyl (C=O) groups is 2. The molecule has 2 aromatic carbocycles. The third-order valence-corrected chi connectivity index (χ3v) is 7.16. The van der Waals surface area contributed by atoms with Crippen molar-refractivity contribution in [3.8, 4) is 11.6 Å². The van der Waals surface area contributed by atoms with E-state index < -0.39 is 17.7 Å². The maximum absolute atomic E-state index is 13.6. The molecule has 0 N–H and O–H groups in total. The van der Waals surface area contributed by atoms with Gasteiger partial charge in [0.25, 0.3) is 5.88 Å². The van der Waals surface area contributed by atoms with Gasteiger partial charge in [-0.25, -0.2) is 14.7 Å². The second-order valence-electron chi connectivity index (χ2n) is 11.5. The molecule has 2 aromatic heterocycles. The highest BCUT2D eigenvalue weighted by Crippen LogP contribution is 2.33. The van der Waals surface area contributed by atoms with E-state index in [4.69, 9.17) is 19.2 Å². The van der Waals surface area contributed by atoms with Gasteiger partial charge in [0.05, 0.1) is 20.0 Å². The minimum Gasteiger partial charge on any atom is -0.468 e. The number of rotatable bonds is 8. The predicted molar refractivity (Wildman–Crippen MR) is 159 cm³/mol. The lowest BCUT2D eigenvalue weighted by Crippen LogP contribution is -2.37. The zero-order valence-electron chi connectivity index (χ0n) is 24.6. The van der Waals surface area contributed by atoms with Crippen LogP contribution in [-0.4, -0.2) is 44.3 Å². The van der Waals surface area contributed by atoms with Crippen LogP contribution in [0.5, 0.6) is 11.6 Å². The van der Waals surface area contributed by atoms with Crippen LogP contribution in [0, 0.1) is 0 Å². The Balaban J connectivity index is 1.55. The summed E-state index contributed by atoms with van der Waals surface area (Å²) in [6, 6.07) is 17.5. The predicted octanol–water partition coefficient (Wildman–Crippen LogP) is 6.78. The molecule has 1 saturated carbocycles. The molecule has 0 unspecified atom stereocenters. The van der Waals surface area contributed by atoms with E-state index in [1.807, 2.05) is 51.1 Å². The summed E-state index contributed by atoms with van der Waals surface area (Å²) in [4.78, 5) is 40.9. The van der Waals surface area contributed by atoms with Crippen molar-refractivity contribution in [1.29, 1.82) is 0 Å². The molecule has 0 bridgehead atoms. The lowest BCUT2D eigenvalue weighted by atomic mass is 9.84. The van der Waals surface area contributed by atoms with E-state index in [9.17, 15) is 9.59 Å². The number of hydrogen-bond acceptors (Lipinski definition) is 8. The van der Waals surface area contributed by atoms with Crippen molar-refractivity contribution in [2.24, 2.45) is 0 Å². The lowest BCUT2D eigenvalue weighted by Gasteiger charge is -2.27. The first-order chi connectivity index (χ1) is 20.2. The monoisotopic (exact) mass is 571 g/mol. The van der Waals surface area contributed by atoms with Crippen molar-refractivity contribution in [3.05, 3.63) is 72.1 Å². The fourth-order valence-electron chi connectivity index (χ4n) is 5.07. The summed E-state index contributed by atoms with van der Waals surface area (Å²) in [6.07, 6.45) is 7.11. The van der Waals surface area contributed by atoms with Gasteiger partial charge in [-0.05, 0) is 62.8 Å². The summed E-state index contributed by atoms with van der Waals surface area (Å²) >= 11 is 0. The quantitative estimate of drug-likeness (QED) is 0.213. The van der Waals surface area contributed by atoms with Gasteiger partial charge in [-0.3, -0.25) is 4.79 Å². The number of hydrogen-bond donors (Lipinski definition) is 0. The summed E-state index contributed by atoms with van der Waals surface area (Å²) in [5.74, 6) is 0.847. The van der Waals surface area contributed by atoms with E-state index in [2.05, 4.69) is 22.1 Å². The van der Waals surface area contributed by atoms with E-state index in [1.165, 1.54) is 60.6 Å². The molecule has 2 heterocycles. The first-order valence-corrected chi connectivity index (χ1v) is 14.3. The molecule has 1 amide bonds. The zero-order chi connectivity index (χ0) is 29.7. The summed E-state index contributed by atoms with van der Waals surface area (Å²) in [6.45, 7) is 5.47. The van der Waals surface area contributed by atoms with Crippen LogP contribution in [0.3, 0.4) is 0 Å². The van der Waals surface area contributed by atoms with Crippen molar-refractivity contribution >= 4 is 29.2 Å². The summed E-state index contributed by atoms with van der Waals surface area (Å²) in [5.41, 5.74) is 2.13. The molecule has 1 fully saturated rings. The van der Waals surface area contributed by atoms with E-state index in [-0.39, 0.29) is 24.9 Å². The SMILES string of the molecule is COC(=O)Cn1cnc2c(Oc3ccccc3)nc(N(Cc3ccc(C4CCCCC4)cc3)C(=O)OC(C)(C)C)nc21. The first kappa shape index (κ1) is 29.0. The second-order valence-corrected chi connectivity index (χ2v) is 11.5. The molecule has 220 valence electrons. The smallest absolute Gasteiger partial charge is 0.417 e. The number of benzene rings is 2. The number of para-hydroxylation sites is 1. The number of carbonyl (C=O) groups excluding carboxylic acids is 2. The zero-order valence-corrected chi connectivity index (χ0v) is 24.6. The van der Waals surface area contributed by atoms with Crippen molar-refractivity contribution < 1.29 is 23.8 Å². The molecule has 1 aliphatic rings. The molecule has 42 heavy (non-hydrogen) atoms. The number of imidazole rings is 1. The number of aromatic nitrogens is 4. The van der Waals surface area contributed by atoms with E-state index in [0.717, 1.165) is 5.56 Å². The summed E-state index contributed by atoms with van der Waals surface area (Å²) in [7, 11) is 1.32. The van der Waals surface area contributed by atoms with Crippen LogP contribution in [0.25, 0.3) is 11.2 Å². The van der Waals surface area contributed by atoms with Gasteiger partial charge < -0.3 is 18.8 Å². The first-order valence-electron chi connectivity index (χ1n) is 14.3. The standard InChI is InChI=1S/C32H37N5O5/c1-32(2,3)42-31(39)37(19-22-15-17-24(18-16-22)23-11-7-5-8-12-23)30-34-28-27(33-21-36(28)20-26(38)40-4)29(35-30)41-25-13-9-6-10-14-25/h6,9-10,13-18,21,23H,5,7-8,11-12,19-20H2,1-4H3. The molecule has 0 atom stereocenters. The normalized spacial score (nSPS) is 14.0. The number of nitrogens with zero attached hydrogens (tertiary/aromatic N) is 5. The molecule has 0 aliphatic heterocycles. The maximum atomic E-state index is 13.6. The van der Waals surface area contributed by atoms with Crippen molar-refractivity contribution in [2.45, 2.75) is 77.5 Å². The molecular weight excluding hydrogens is 534 g/mol. The largest absolute Gasteiger partial charge is 0.468 e. The second kappa shape index (κ2) is 12.6.